The summed E-state index contributed by atoms with van der Waals surface area (Å²) in [6.07, 6.45) is 1.82. The normalized spacial score (nSPS) is 10.9. The summed E-state index contributed by atoms with van der Waals surface area (Å²) in [5.41, 5.74) is 2.33. The molecular formula is C16H12ClNO. The SMILES string of the molecule is COc1ccc(C=C(C#N)c2cccc(Cl)c2)cc1. The van der Waals surface area contributed by atoms with Gasteiger partial charge in [-0.05, 0) is 41.5 Å². The van der Waals surface area contributed by atoms with Crippen LogP contribution in [0.25, 0.3) is 11.6 Å². The molecular weight excluding hydrogens is 258 g/mol. The van der Waals surface area contributed by atoms with Crippen LogP contribution in [-0.2, 0) is 0 Å². The lowest BCUT2D eigenvalue weighted by Crippen LogP contribution is -1.84. The Hall–Kier alpha value is -2.24. The molecule has 0 aromatic heterocycles. The summed E-state index contributed by atoms with van der Waals surface area (Å²) in [7, 11) is 1.62. The molecule has 2 aromatic rings. The summed E-state index contributed by atoms with van der Waals surface area (Å²) >= 11 is 5.94. The zero-order valence-corrected chi connectivity index (χ0v) is 11.2. The highest BCUT2D eigenvalue weighted by molar-refractivity contribution is 6.30. The molecule has 0 heterocycles. The zero-order chi connectivity index (χ0) is 13.7. The van der Waals surface area contributed by atoms with Crippen LogP contribution in [0.5, 0.6) is 5.75 Å². The molecule has 0 N–H and O–H groups in total. The van der Waals surface area contributed by atoms with Gasteiger partial charge >= 0.3 is 0 Å². The van der Waals surface area contributed by atoms with Gasteiger partial charge in [0.2, 0.25) is 0 Å². The number of allylic oxidation sites excluding steroid dienone is 1. The number of hydrogen-bond donors (Lipinski definition) is 0. The minimum Gasteiger partial charge on any atom is -0.497 e. The molecule has 94 valence electrons. The number of rotatable bonds is 3. The van der Waals surface area contributed by atoms with Gasteiger partial charge in [-0.15, -0.1) is 0 Å². The molecule has 2 nitrogen and oxygen atoms in total. The maximum absolute atomic E-state index is 9.25. The second-order valence-electron chi connectivity index (χ2n) is 3.95. The van der Waals surface area contributed by atoms with Crippen molar-refractivity contribution in [2.24, 2.45) is 0 Å². The van der Waals surface area contributed by atoms with E-state index in [9.17, 15) is 5.26 Å². The van der Waals surface area contributed by atoms with Crippen molar-refractivity contribution in [3.63, 3.8) is 0 Å². The summed E-state index contributed by atoms with van der Waals surface area (Å²) in [5.74, 6) is 0.790. The maximum atomic E-state index is 9.25. The van der Waals surface area contributed by atoms with E-state index in [-0.39, 0.29) is 0 Å². The molecule has 2 aromatic carbocycles. The molecule has 0 aliphatic rings. The van der Waals surface area contributed by atoms with Gasteiger partial charge in [0.05, 0.1) is 18.8 Å². The molecule has 0 saturated heterocycles. The van der Waals surface area contributed by atoms with Crippen molar-refractivity contribution in [2.75, 3.05) is 7.11 Å². The van der Waals surface area contributed by atoms with Gasteiger partial charge in [0.25, 0.3) is 0 Å². The lowest BCUT2D eigenvalue weighted by Gasteiger charge is -2.02. The van der Waals surface area contributed by atoms with Crippen molar-refractivity contribution >= 4 is 23.3 Å². The highest BCUT2D eigenvalue weighted by Gasteiger charge is 2.02. The molecule has 0 fully saturated rings. The van der Waals surface area contributed by atoms with Crippen molar-refractivity contribution in [2.45, 2.75) is 0 Å². The fourth-order valence-corrected chi connectivity index (χ4v) is 1.89. The highest BCUT2D eigenvalue weighted by Crippen LogP contribution is 2.21. The van der Waals surface area contributed by atoms with E-state index in [4.69, 9.17) is 16.3 Å². The first-order chi connectivity index (χ1) is 9.22. The Morgan fingerprint density at radius 3 is 2.53 bits per heavy atom. The highest BCUT2D eigenvalue weighted by atomic mass is 35.5. The molecule has 0 amide bonds. The predicted molar refractivity (Wildman–Crippen MR) is 77.9 cm³/mol. The number of ether oxygens (including phenoxy) is 1. The van der Waals surface area contributed by atoms with E-state index in [1.54, 1.807) is 19.2 Å². The second kappa shape index (κ2) is 6.08. The van der Waals surface area contributed by atoms with Gasteiger partial charge < -0.3 is 4.74 Å². The Morgan fingerprint density at radius 1 is 1.21 bits per heavy atom. The van der Waals surface area contributed by atoms with Crippen molar-refractivity contribution in [3.8, 4) is 11.8 Å². The van der Waals surface area contributed by atoms with Gasteiger partial charge in [-0.1, -0.05) is 35.9 Å². The first-order valence-corrected chi connectivity index (χ1v) is 6.12. The predicted octanol–water partition coefficient (Wildman–Crippen LogP) is 4.41. The minimum atomic E-state index is 0.577. The van der Waals surface area contributed by atoms with E-state index >= 15 is 0 Å². The van der Waals surface area contributed by atoms with Gasteiger partial charge in [0.1, 0.15) is 5.75 Å². The molecule has 0 aliphatic heterocycles. The van der Waals surface area contributed by atoms with Crippen molar-refractivity contribution < 1.29 is 4.74 Å². The van der Waals surface area contributed by atoms with Crippen molar-refractivity contribution in [1.82, 2.24) is 0 Å². The van der Waals surface area contributed by atoms with E-state index < -0.39 is 0 Å². The molecule has 19 heavy (non-hydrogen) atoms. The molecule has 3 heteroatoms. The lowest BCUT2D eigenvalue weighted by molar-refractivity contribution is 0.415. The van der Waals surface area contributed by atoms with Gasteiger partial charge in [0.15, 0.2) is 0 Å². The Bertz CT molecular complexity index is 639. The molecule has 0 aliphatic carbocycles. The van der Waals surface area contributed by atoms with Crippen LogP contribution >= 0.6 is 11.6 Å². The van der Waals surface area contributed by atoms with Crippen LogP contribution in [0.15, 0.2) is 48.5 Å². The van der Waals surface area contributed by atoms with Crippen molar-refractivity contribution in [1.29, 1.82) is 5.26 Å². The van der Waals surface area contributed by atoms with Crippen LogP contribution in [0.2, 0.25) is 5.02 Å². The van der Waals surface area contributed by atoms with E-state index in [2.05, 4.69) is 6.07 Å². The third kappa shape index (κ3) is 3.37. The first kappa shape index (κ1) is 13.2. The number of nitriles is 1. The van der Waals surface area contributed by atoms with Crippen LogP contribution in [-0.4, -0.2) is 7.11 Å². The molecule has 0 spiro atoms. The monoisotopic (exact) mass is 269 g/mol. The molecule has 0 saturated carbocycles. The van der Waals surface area contributed by atoms with Crippen LogP contribution in [0.4, 0.5) is 0 Å². The van der Waals surface area contributed by atoms with E-state index in [1.165, 1.54) is 0 Å². The topological polar surface area (TPSA) is 33.0 Å². The van der Waals surface area contributed by atoms with Gasteiger partial charge in [0, 0.05) is 5.02 Å². The number of methoxy groups -OCH3 is 1. The summed E-state index contributed by atoms with van der Waals surface area (Å²) in [6, 6.07) is 17.0. The molecule has 0 atom stereocenters. The third-order valence-electron chi connectivity index (χ3n) is 2.68. The summed E-state index contributed by atoms with van der Waals surface area (Å²) < 4.78 is 5.10. The Kier molecular flexibility index (Phi) is 4.22. The summed E-state index contributed by atoms with van der Waals surface area (Å²) in [4.78, 5) is 0. The molecule has 0 bridgehead atoms. The first-order valence-electron chi connectivity index (χ1n) is 5.75. The van der Waals surface area contributed by atoms with Crippen molar-refractivity contribution in [3.05, 3.63) is 64.7 Å². The number of halogens is 1. The van der Waals surface area contributed by atoms with E-state index in [1.807, 2.05) is 42.5 Å². The Labute approximate surface area is 117 Å². The van der Waals surface area contributed by atoms with E-state index in [0.29, 0.717) is 10.6 Å². The van der Waals surface area contributed by atoms with Crippen LogP contribution in [0, 0.1) is 11.3 Å². The summed E-state index contributed by atoms with van der Waals surface area (Å²) in [6.45, 7) is 0. The smallest absolute Gasteiger partial charge is 0.118 e. The zero-order valence-electron chi connectivity index (χ0n) is 10.4. The van der Waals surface area contributed by atoms with E-state index in [0.717, 1.165) is 16.9 Å². The van der Waals surface area contributed by atoms with Gasteiger partial charge in [-0.3, -0.25) is 0 Å². The number of benzene rings is 2. The van der Waals surface area contributed by atoms with Crippen LogP contribution < -0.4 is 4.74 Å². The average molecular weight is 270 g/mol. The molecule has 2 rings (SSSR count). The third-order valence-corrected chi connectivity index (χ3v) is 2.92. The minimum absolute atomic E-state index is 0.577. The van der Waals surface area contributed by atoms with Gasteiger partial charge in [-0.25, -0.2) is 0 Å². The number of hydrogen-bond acceptors (Lipinski definition) is 2. The average Bonchev–Trinajstić information content (AvgIpc) is 2.45. The fourth-order valence-electron chi connectivity index (χ4n) is 1.70. The summed E-state index contributed by atoms with van der Waals surface area (Å²) in [5, 5.41) is 9.87. The Balaban J connectivity index is 2.36. The molecule has 0 unspecified atom stereocenters. The fraction of sp³-hybridized carbons (Fsp3) is 0.0625. The lowest BCUT2D eigenvalue weighted by atomic mass is 10.0. The van der Waals surface area contributed by atoms with Crippen LogP contribution in [0.1, 0.15) is 11.1 Å². The molecule has 0 radical (unpaired) electrons. The second-order valence-corrected chi connectivity index (χ2v) is 4.39. The largest absolute Gasteiger partial charge is 0.497 e. The van der Waals surface area contributed by atoms with Gasteiger partial charge in [-0.2, -0.15) is 5.26 Å². The van der Waals surface area contributed by atoms with Crippen LogP contribution in [0.3, 0.4) is 0 Å². The quantitative estimate of drug-likeness (QED) is 0.611. The standard InChI is InChI=1S/C16H12ClNO/c1-19-16-7-5-12(6-8-16)9-14(11-18)13-3-2-4-15(17)10-13/h2-10H,1H3. The number of nitrogens with zero attached hydrogens (tertiary/aromatic N) is 1. The maximum Gasteiger partial charge on any atom is 0.118 e. The Morgan fingerprint density at radius 2 is 1.95 bits per heavy atom.